The molecule has 140 valence electrons. The van der Waals surface area contributed by atoms with Crippen molar-refractivity contribution in [3.63, 3.8) is 0 Å². The van der Waals surface area contributed by atoms with Crippen molar-refractivity contribution < 1.29 is 4.79 Å². The van der Waals surface area contributed by atoms with Crippen molar-refractivity contribution in [1.29, 1.82) is 0 Å². The Hall–Kier alpha value is -3.49. The van der Waals surface area contributed by atoms with Gasteiger partial charge < -0.3 is 0 Å². The summed E-state index contributed by atoms with van der Waals surface area (Å²) in [7, 11) is 0. The zero-order valence-corrected chi connectivity index (χ0v) is 16.4. The van der Waals surface area contributed by atoms with Crippen molar-refractivity contribution in [3.05, 3.63) is 118 Å². The highest BCUT2D eigenvalue weighted by molar-refractivity contribution is 6.31. The summed E-state index contributed by atoms with van der Waals surface area (Å²) in [4.78, 5) is 16.9. The third-order valence-electron chi connectivity index (χ3n) is 4.52. The van der Waals surface area contributed by atoms with Gasteiger partial charge in [-0.2, -0.15) is 0 Å². The number of nitrogens with zero attached hydrogens (tertiary/aromatic N) is 1. The zero-order valence-electron chi connectivity index (χ0n) is 15.6. The number of ketones is 1. The summed E-state index contributed by atoms with van der Waals surface area (Å²) < 4.78 is 0. The molecule has 0 spiro atoms. The summed E-state index contributed by atoms with van der Waals surface area (Å²) in [6.45, 7) is 0. The second-order valence-electron chi connectivity index (χ2n) is 6.64. The van der Waals surface area contributed by atoms with Crippen LogP contribution < -0.4 is 0 Å². The molecule has 0 N–H and O–H groups in total. The van der Waals surface area contributed by atoms with Crippen LogP contribution in [-0.4, -0.2) is 10.8 Å². The van der Waals surface area contributed by atoms with Crippen LogP contribution in [0.15, 0.2) is 91.0 Å². The summed E-state index contributed by atoms with van der Waals surface area (Å²) in [5.41, 5.74) is 4.42. The molecule has 2 nitrogen and oxygen atoms in total. The number of allylic oxidation sites excluding steroid dienone is 1. The van der Waals surface area contributed by atoms with Crippen LogP contribution in [0, 0.1) is 0 Å². The van der Waals surface area contributed by atoms with Gasteiger partial charge in [0.15, 0.2) is 5.78 Å². The maximum atomic E-state index is 12.2. The van der Waals surface area contributed by atoms with Crippen molar-refractivity contribution in [2.75, 3.05) is 0 Å². The highest BCUT2D eigenvalue weighted by Gasteiger charge is 2.00. The van der Waals surface area contributed by atoms with Crippen LogP contribution in [0.3, 0.4) is 0 Å². The Morgan fingerprint density at radius 3 is 2.34 bits per heavy atom. The van der Waals surface area contributed by atoms with E-state index in [1.807, 2.05) is 103 Å². The van der Waals surface area contributed by atoms with Crippen LogP contribution in [0.2, 0.25) is 5.02 Å². The molecule has 0 fully saturated rings. The van der Waals surface area contributed by atoms with Gasteiger partial charge in [0.1, 0.15) is 0 Å². The van der Waals surface area contributed by atoms with E-state index in [0.29, 0.717) is 10.6 Å². The minimum absolute atomic E-state index is 0.00873. The molecule has 0 aliphatic heterocycles. The first-order chi connectivity index (χ1) is 14.2. The van der Waals surface area contributed by atoms with Gasteiger partial charge in [-0.05, 0) is 47.5 Å². The van der Waals surface area contributed by atoms with Gasteiger partial charge in [0.25, 0.3) is 0 Å². The monoisotopic (exact) mass is 395 g/mol. The first-order valence-electron chi connectivity index (χ1n) is 9.29. The second kappa shape index (κ2) is 8.68. The standard InChI is InChI=1S/C26H18ClNO/c27-23-13-11-21-12-15-24(28-25(21)18-23)14-9-19-5-4-6-20(17-19)10-16-26(29)22-7-2-1-3-8-22/h1-18H/b14-9+,16-10+. The Balaban J connectivity index is 1.51. The molecule has 4 aromatic rings. The van der Waals surface area contributed by atoms with Gasteiger partial charge >= 0.3 is 0 Å². The van der Waals surface area contributed by atoms with Crippen LogP contribution in [0.1, 0.15) is 27.2 Å². The van der Waals surface area contributed by atoms with Crippen LogP contribution in [0.5, 0.6) is 0 Å². The van der Waals surface area contributed by atoms with Gasteiger partial charge in [0, 0.05) is 16.0 Å². The minimum atomic E-state index is -0.00873. The summed E-state index contributed by atoms with van der Waals surface area (Å²) in [5, 5.41) is 1.73. The van der Waals surface area contributed by atoms with Crippen LogP contribution in [0.4, 0.5) is 0 Å². The number of carbonyl (C=O) groups is 1. The molecular formula is C26H18ClNO. The molecule has 1 heterocycles. The normalized spacial score (nSPS) is 11.5. The fourth-order valence-corrected chi connectivity index (χ4v) is 3.18. The van der Waals surface area contributed by atoms with Crippen molar-refractivity contribution in [3.8, 4) is 0 Å². The van der Waals surface area contributed by atoms with Gasteiger partial charge in [-0.25, -0.2) is 4.98 Å². The number of halogens is 1. The molecule has 0 amide bonds. The minimum Gasteiger partial charge on any atom is -0.289 e. The number of hydrogen-bond donors (Lipinski definition) is 0. The van der Waals surface area contributed by atoms with Crippen LogP contribution in [0.25, 0.3) is 29.1 Å². The van der Waals surface area contributed by atoms with E-state index in [4.69, 9.17) is 11.6 Å². The Labute approximate surface area is 174 Å². The lowest BCUT2D eigenvalue weighted by Gasteiger charge is -2.00. The van der Waals surface area contributed by atoms with E-state index in [1.165, 1.54) is 0 Å². The Bertz CT molecular complexity index is 1230. The highest BCUT2D eigenvalue weighted by Crippen LogP contribution is 2.19. The molecule has 0 unspecified atom stereocenters. The number of rotatable bonds is 5. The fraction of sp³-hybridized carbons (Fsp3) is 0. The molecule has 0 atom stereocenters. The van der Waals surface area contributed by atoms with E-state index in [9.17, 15) is 4.79 Å². The van der Waals surface area contributed by atoms with Crippen molar-refractivity contribution in [2.24, 2.45) is 0 Å². The van der Waals surface area contributed by atoms with Crippen molar-refractivity contribution in [2.45, 2.75) is 0 Å². The summed E-state index contributed by atoms with van der Waals surface area (Å²) >= 11 is 6.06. The smallest absolute Gasteiger partial charge is 0.185 e. The molecule has 3 aromatic carbocycles. The van der Waals surface area contributed by atoms with Crippen molar-refractivity contribution >= 4 is 46.5 Å². The van der Waals surface area contributed by atoms with E-state index in [-0.39, 0.29) is 5.78 Å². The topological polar surface area (TPSA) is 30.0 Å². The fourth-order valence-electron chi connectivity index (χ4n) is 3.02. The second-order valence-corrected chi connectivity index (χ2v) is 7.08. The number of fused-ring (bicyclic) bond motifs is 1. The van der Waals surface area contributed by atoms with Gasteiger partial charge in [-0.3, -0.25) is 4.79 Å². The lowest BCUT2D eigenvalue weighted by atomic mass is 10.1. The van der Waals surface area contributed by atoms with Gasteiger partial charge in [0.05, 0.1) is 11.2 Å². The van der Waals surface area contributed by atoms with E-state index < -0.39 is 0 Å². The molecule has 1 aromatic heterocycles. The third kappa shape index (κ3) is 4.87. The molecule has 4 rings (SSSR count). The zero-order chi connectivity index (χ0) is 20.1. The Morgan fingerprint density at radius 2 is 1.52 bits per heavy atom. The van der Waals surface area contributed by atoms with E-state index in [0.717, 1.165) is 27.7 Å². The first-order valence-corrected chi connectivity index (χ1v) is 9.67. The maximum absolute atomic E-state index is 12.2. The number of benzene rings is 3. The molecule has 0 bridgehead atoms. The van der Waals surface area contributed by atoms with Crippen LogP contribution in [-0.2, 0) is 0 Å². The largest absolute Gasteiger partial charge is 0.289 e. The van der Waals surface area contributed by atoms with E-state index in [1.54, 1.807) is 6.08 Å². The van der Waals surface area contributed by atoms with Crippen molar-refractivity contribution in [1.82, 2.24) is 4.98 Å². The predicted molar refractivity (Wildman–Crippen MR) is 122 cm³/mol. The van der Waals surface area contributed by atoms with Crippen LogP contribution >= 0.6 is 11.6 Å². The highest BCUT2D eigenvalue weighted by atomic mass is 35.5. The molecule has 3 heteroatoms. The molecule has 0 saturated carbocycles. The first kappa shape index (κ1) is 18.9. The Kier molecular flexibility index (Phi) is 5.64. The number of pyridine rings is 1. The molecule has 0 aliphatic carbocycles. The molecule has 0 aliphatic rings. The van der Waals surface area contributed by atoms with Gasteiger partial charge in [-0.1, -0.05) is 84.4 Å². The van der Waals surface area contributed by atoms with E-state index in [2.05, 4.69) is 4.98 Å². The Morgan fingerprint density at radius 1 is 0.759 bits per heavy atom. The average molecular weight is 396 g/mol. The number of hydrogen-bond acceptors (Lipinski definition) is 2. The summed E-state index contributed by atoms with van der Waals surface area (Å²) in [5.74, 6) is -0.00873. The summed E-state index contributed by atoms with van der Waals surface area (Å²) in [6.07, 6.45) is 7.42. The molecule has 0 radical (unpaired) electrons. The average Bonchev–Trinajstić information content (AvgIpc) is 2.76. The lowest BCUT2D eigenvalue weighted by Crippen LogP contribution is -1.92. The predicted octanol–water partition coefficient (Wildman–Crippen LogP) is 6.95. The summed E-state index contributed by atoms with van der Waals surface area (Å²) in [6, 6.07) is 27.0. The van der Waals surface area contributed by atoms with Gasteiger partial charge in [0.2, 0.25) is 0 Å². The van der Waals surface area contributed by atoms with Gasteiger partial charge in [-0.15, -0.1) is 0 Å². The molecular weight excluding hydrogens is 378 g/mol. The number of carbonyl (C=O) groups excluding carboxylic acids is 1. The third-order valence-corrected chi connectivity index (χ3v) is 4.75. The SMILES string of the molecule is O=C(/C=C/c1cccc(/C=C/c2ccc3ccc(Cl)cc3n2)c1)c1ccccc1. The van der Waals surface area contributed by atoms with E-state index >= 15 is 0 Å². The maximum Gasteiger partial charge on any atom is 0.185 e. The molecule has 29 heavy (non-hydrogen) atoms. The quantitative estimate of drug-likeness (QED) is 0.270. The number of aromatic nitrogens is 1. The lowest BCUT2D eigenvalue weighted by molar-refractivity contribution is 0.104. The molecule has 0 saturated heterocycles.